The number of benzene rings is 1. The summed E-state index contributed by atoms with van der Waals surface area (Å²) in [6.07, 6.45) is 0. The molecule has 0 aliphatic carbocycles. The molecule has 0 atom stereocenters. The first-order valence-corrected chi connectivity index (χ1v) is 7.86. The number of hydrogen-bond acceptors (Lipinski definition) is 4. The second-order valence-electron chi connectivity index (χ2n) is 3.96. The summed E-state index contributed by atoms with van der Waals surface area (Å²) in [6, 6.07) is 5.62. The van der Waals surface area contributed by atoms with Crippen LogP contribution in [-0.4, -0.2) is 8.42 Å². The zero-order chi connectivity index (χ0) is 14.0. The topological polar surface area (TPSA) is 72.2 Å². The number of hydrogen-bond donors (Lipinski definition) is 2. The molecule has 0 bridgehead atoms. The van der Waals surface area contributed by atoms with E-state index in [0.29, 0.717) is 10.4 Å². The lowest BCUT2D eigenvalue weighted by Gasteiger charge is -2.10. The third-order valence-corrected chi connectivity index (χ3v) is 5.41. The van der Waals surface area contributed by atoms with E-state index in [2.05, 4.69) is 4.72 Å². The highest BCUT2D eigenvalue weighted by Crippen LogP contribution is 2.28. The number of nitrogens with two attached hydrogens (primary N) is 1. The van der Waals surface area contributed by atoms with Crippen molar-refractivity contribution >= 4 is 27.0 Å². The van der Waals surface area contributed by atoms with Gasteiger partial charge in [0.15, 0.2) is 0 Å². The van der Waals surface area contributed by atoms with Gasteiger partial charge in [-0.15, -0.1) is 11.3 Å². The van der Waals surface area contributed by atoms with E-state index in [-0.39, 0.29) is 17.1 Å². The van der Waals surface area contributed by atoms with Crippen LogP contribution < -0.4 is 10.5 Å². The summed E-state index contributed by atoms with van der Waals surface area (Å²) in [5.41, 5.74) is 6.06. The van der Waals surface area contributed by atoms with Gasteiger partial charge in [0.1, 0.15) is 10.7 Å². The Bertz CT molecular complexity index is 696. The summed E-state index contributed by atoms with van der Waals surface area (Å²) in [6.45, 7) is 1.82. The summed E-state index contributed by atoms with van der Waals surface area (Å²) in [4.78, 5) is 0.699. The van der Waals surface area contributed by atoms with Gasteiger partial charge in [-0.25, -0.2) is 12.8 Å². The number of thiophene rings is 1. The number of anilines is 1. The largest absolute Gasteiger partial charge is 0.326 e. The van der Waals surface area contributed by atoms with Crippen LogP contribution in [0.5, 0.6) is 0 Å². The van der Waals surface area contributed by atoms with Crippen LogP contribution in [0.4, 0.5) is 10.1 Å². The van der Waals surface area contributed by atoms with Crippen molar-refractivity contribution in [2.24, 2.45) is 5.73 Å². The maximum absolute atomic E-state index is 13.5. The molecule has 1 aromatic heterocycles. The number of halogens is 1. The molecular formula is C12H13FN2O2S2. The first kappa shape index (κ1) is 14.0. The zero-order valence-electron chi connectivity index (χ0n) is 10.2. The lowest BCUT2D eigenvalue weighted by molar-refractivity contribution is 0.597. The number of aryl methyl sites for hydroxylation is 1. The second kappa shape index (κ2) is 5.28. The third kappa shape index (κ3) is 2.78. The molecule has 3 N–H and O–H groups in total. The van der Waals surface area contributed by atoms with Crippen LogP contribution in [0.2, 0.25) is 0 Å². The maximum Gasteiger partial charge on any atom is 0.263 e. The number of sulfonamides is 1. The van der Waals surface area contributed by atoms with E-state index in [1.807, 2.05) is 0 Å². The molecule has 0 saturated carbocycles. The molecular weight excluding hydrogens is 287 g/mol. The predicted octanol–water partition coefficient (Wildman–Crippen LogP) is 2.46. The molecule has 0 unspecified atom stereocenters. The highest BCUT2D eigenvalue weighted by atomic mass is 32.2. The standard InChI is InChI=1S/C12H13FN2O2S2/c1-8-7-18-11(6-14)12(8)19(16,17)15-10-5-3-2-4-9(10)13/h2-5,7,15H,6,14H2,1H3. The van der Waals surface area contributed by atoms with Crippen LogP contribution in [0.1, 0.15) is 10.4 Å². The van der Waals surface area contributed by atoms with Gasteiger partial charge in [-0.2, -0.15) is 0 Å². The van der Waals surface area contributed by atoms with Gasteiger partial charge in [-0.1, -0.05) is 12.1 Å². The van der Waals surface area contributed by atoms with Crippen molar-refractivity contribution in [3.63, 3.8) is 0 Å². The zero-order valence-corrected chi connectivity index (χ0v) is 11.8. The maximum atomic E-state index is 13.5. The van der Waals surface area contributed by atoms with Crippen molar-refractivity contribution in [3.05, 3.63) is 45.9 Å². The highest BCUT2D eigenvalue weighted by molar-refractivity contribution is 7.93. The average Bonchev–Trinajstić information content (AvgIpc) is 2.74. The minimum absolute atomic E-state index is 0.0731. The molecule has 0 saturated heterocycles. The molecule has 0 fully saturated rings. The average molecular weight is 300 g/mol. The fourth-order valence-corrected chi connectivity index (χ4v) is 4.50. The van der Waals surface area contributed by atoms with Crippen LogP contribution >= 0.6 is 11.3 Å². The van der Waals surface area contributed by atoms with Crippen molar-refractivity contribution in [1.29, 1.82) is 0 Å². The van der Waals surface area contributed by atoms with Crippen molar-refractivity contribution in [2.45, 2.75) is 18.4 Å². The Kier molecular flexibility index (Phi) is 3.88. The van der Waals surface area contributed by atoms with Gasteiger partial charge in [-0.3, -0.25) is 4.72 Å². The molecule has 0 aliphatic heterocycles. The quantitative estimate of drug-likeness (QED) is 0.911. The van der Waals surface area contributed by atoms with Crippen molar-refractivity contribution in [2.75, 3.05) is 4.72 Å². The molecule has 4 nitrogen and oxygen atoms in total. The third-order valence-electron chi connectivity index (χ3n) is 2.56. The van der Waals surface area contributed by atoms with E-state index >= 15 is 0 Å². The molecule has 0 aliphatic rings. The van der Waals surface area contributed by atoms with E-state index in [1.165, 1.54) is 29.5 Å². The van der Waals surface area contributed by atoms with E-state index in [9.17, 15) is 12.8 Å². The Labute approximate surface area is 115 Å². The van der Waals surface area contributed by atoms with Crippen LogP contribution in [0, 0.1) is 12.7 Å². The first-order chi connectivity index (χ1) is 8.95. The highest BCUT2D eigenvalue weighted by Gasteiger charge is 2.23. The lowest BCUT2D eigenvalue weighted by Crippen LogP contribution is -2.16. The first-order valence-electron chi connectivity index (χ1n) is 5.50. The molecule has 1 heterocycles. The molecule has 0 amide bonds. The summed E-state index contributed by atoms with van der Waals surface area (Å²) >= 11 is 1.28. The Morgan fingerprint density at radius 2 is 2.05 bits per heavy atom. The van der Waals surface area contributed by atoms with Gasteiger partial charge in [0, 0.05) is 11.4 Å². The van der Waals surface area contributed by atoms with Crippen molar-refractivity contribution < 1.29 is 12.8 Å². The molecule has 7 heteroatoms. The van der Waals surface area contributed by atoms with E-state index in [4.69, 9.17) is 5.73 Å². The second-order valence-corrected chi connectivity index (χ2v) is 6.54. The molecule has 0 spiro atoms. The van der Waals surface area contributed by atoms with Crippen molar-refractivity contribution in [1.82, 2.24) is 0 Å². The SMILES string of the molecule is Cc1csc(CN)c1S(=O)(=O)Nc1ccccc1F. The number of nitrogens with one attached hydrogen (secondary N) is 1. The number of para-hydroxylation sites is 1. The van der Waals surface area contributed by atoms with E-state index in [1.54, 1.807) is 18.4 Å². The van der Waals surface area contributed by atoms with Gasteiger partial charge in [-0.05, 0) is 30.0 Å². The summed E-state index contributed by atoms with van der Waals surface area (Å²) < 4.78 is 40.3. The summed E-state index contributed by atoms with van der Waals surface area (Å²) in [7, 11) is -3.83. The fraction of sp³-hybridized carbons (Fsp3) is 0.167. The van der Waals surface area contributed by atoms with E-state index < -0.39 is 15.8 Å². The molecule has 19 heavy (non-hydrogen) atoms. The smallest absolute Gasteiger partial charge is 0.263 e. The van der Waals surface area contributed by atoms with Gasteiger partial charge in [0.05, 0.1) is 5.69 Å². The molecule has 2 aromatic rings. The minimum Gasteiger partial charge on any atom is -0.326 e. The fourth-order valence-electron chi connectivity index (χ4n) is 1.73. The Hall–Kier alpha value is -1.44. The monoisotopic (exact) mass is 300 g/mol. The van der Waals surface area contributed by atoms with Crippen LogP contribution in [0.25, 0.3) is 0 Å². The summed E-state index contributed by atoms with van der Waals surface area (Å²) in [5.74, 6) is -0.617. The van der Waals surface area contributed by atoms with Crippen molar-refractivity contribution in [3.8, 4) is 0 Å². The minimum atomic E-state index is -3.83. The van der Waals surface area contributed by atoms with Gasteiger partial charge in [0.25, 0.3) is 10.0 Å². The molecule has 2 rings (SSSR count). The Morgan fingerprint density at radius 3 is 2.68 bits per heavy atom. The molecule has 1 aromatic carbocycles. The predicted molar refractivity (Wildman–Crippen MR) is 74.2 cm³/mol. The Morgan fingerprint density at radius 1 is 1.37 bits per heavy atom. The van der Waals surface area contributed by atoms with Gasteiger partial charge < -0.3 is 5.73 Å². The number of rotatable bonds is 4. The van der Waals surface area contributed by atoms with Crippen LogP contribution in [0.15, 0.2) is 34.5 Å². The van der Waals surface area contributed by atoms with E-state index in [0.717, 1.165) is 0 Å². The summed E-state index contributed by atoms with van der Waals surface area (Å²) in [5, 5.41) is 1.72. The van der Waals surface area contributed by atoms with Gasteiger partial charge in [0.2, 0.25) is 0 Å². The van der Waals surface area contributed by atoms with Crippen LogP contribution in [0.3, 0.4) is 0 Å². The molecule has 102 valence electrons. The Balaban J connectivity index is 2.44. The van der Waals surface area contributed by atoms with Crippen LogP contribution in [-0.2, 0) is 16.6 Å². The normalized spacial score (nSPS) is 11.5. The van der Waals surface area contributed by atoms with Gasteiger partial charge >= 0.3 is 0 Å². The lowest BCUT2D eigenvalue weighted by atomic mass is 10.3. The molecule has 0 radical (unpaired) electrons.